The molecule has 1 saturated heterocycles. The number of nitrogens with zero attached hydrogens (tertiary/aromatic N) is 2. The predicted octanol–water partition coefficient (Wildman–Crippen LogP) is 4.04. The van der Waals surface area contributed by atoms with Crippen molar-refractivity contribution >= 4 is 45.5 Å². The van der Waals surface area contributed by atoms with Crippen LogP contribution in [0.25, 0.3) is 0 Å². The number of amides is 1. The summed E-state index contributed by atoms with van der Waals surface area (Å²) in [4.78, 5) is 21.9. The van der Waals surface area contributed by atoms with E-state index in [0.29, 0.717) is 17.4 Å². The molecule has 0 bridgehead atoms. The van der Waals surface area contributed by atoms with E-state index in [1.54, 1.807) is 0 Å². The predicted molar refractivity (Wildman–Crippen MR) is 110 cm³/mol. The molecule has 9 heteroatoms. The van der Waals surface area contributed by atoms with Crippen molar-refractivity contribution in [3.05, 3.63) is 27.9 Å². The molecular formula is C19H22ClN5O2S. The maximum atomic E-state index is 12.6. The molecule has 2 aromatic rings. The van der Waals surface area contributed by atoms with Crippen molar-refractivity contribution < 1.29 is 9.53 Å². The summed E-state index contributed by atoms with van der Waals surface area (Å²) in [5, 5.41) is 11.3. The van der Waals surface area contributed by atoms with E-state index in [0.717, 1.165) is 60.0 Å². The van der Waals surface area contributed by atoms with Crippen molar-refractivity contribution in [3.63, 3.8) is 0 Å². The second kappa shape index (κ2) is 7.17. The van der Waals surface area contributed by atoms with Gasteiger partial charge in [-0.2, -0.15) is 0 Å². The van der Waals surface area contributed by atoms with E-state index in [-0.39, 0.29) is 17.5 Å². The molecule has 1 spiro atoms. The molecule has 3 N–H and O–H groups in total. The maximum Gasteiger partial charge on any atom is 0.262 e. The van der Waals surface area contributed by atoms with Gasteiger partial charge in [-0.15, -0.1) is 11.3 Å². The lowest BCUT2D eigenvalue weighted by atomic mass is 9.78. The Kier molecular flexibility index (Phi) is 4.65. The summed E-state index contributed by atoms with van der Waals surface area (Å²) in [6.07, 6.45) is 7.82. The molecule has 3 aliphatic rings. The molecule has 1 amide bonds. The van der Waals surface area contributed by atoms with E-state index >= 15 is 0 Å². The van der Waals surface area contributed by atoms with Gasteiger partial charge >= 0.3 is 0 Å². The minimum absolute atomic E-state index is 0.0110. The van der Waals surface area contributed by atoms with E-state index in [1.165, 1.54) is 24.1 Å². The quantitative estimate of drug-likeness (QED) is 0.693. The molecule has 7 nitrogen and oxygen atoms in total. The third kappa shape index (κ3) is 3.13. The van der Waals surface area contributed by atoms with Crippen molar-refractivity contribution in [3.8, 4) is 0 Å². The van der Waals surface area contributed by atoms with Gasteiger partial charge in [0.05, 0.1) is 23.2 Å². The second-order valence-corrected chi connectivity index (χ2v) is 9.06. The summed E-state index contributed by atoms with van der Waals surface area (Å²) in [7, 11) is 0. The van der Waals surface area contributed by atoms with Crippen molar-refractivity contribution in [1.82, 2.24) is 15.3 Å². The van der Waals surface area contributed by atoms with Gasteiger partial charge < -0.3 is 20.7 Å². The van der Waals surface area contributed by atoms with E-state index in [1.807, 2.05) is 6.07 Å². The molecule has 1 atom stereocenters. The van der Waals surface area contributed by atoms with Gasteiger partial charge in [-0.05, 0) is 19.3 Å². The van der Waals surface area contributed by atoms with Crippen LogP contribution in [0.3, 0.4) is 0 Å². The highest BCUT2D eigenvalue weighted by molar-refractivity contribution is 7.19. The van der Waals surface area contributed by atoms with Crippen LogP contribution >= 0.6 is 22.9 Å². The normalized spacial score (nSPS) is 22.9. The Hall–Kier alpha value is -1.90. The highest BCUT2D eigenvalue weighted by Gasteiger charge is 2.47. The minimum atomic E-state index is -0.293. The van der Waals surface area contributed by atoms with Gasteiger partial charge in [-0.1, -0.05) is 30.9 Å². The van der Waals surface area contributed by atoms with Crippen LogP contribution in [0.5, 0.6) is 0 Å². The number of aromatic nitrogens is 2. The smallest absolute Gasteiger partial charge is 0.262 e. The number of anilines is 3. The first-order chi connectivity index (χ1) is 13.6. The fourth-order valence-electron chi connectivity index (χ4n) is 4.42. The summed E-state index contributed by atoms with van der Waals surface area (Å²) in [5.74, 6) is 1.38. The Morgan fingerprint density at radius 2 is 2.07 bits per heavy atom. The Morgan fingerprint density at radius 3 is 2.86 bits per heavy atom. The standard InChI is InChI=1S/C19H22ClN5O2S/c20-15-14-16(17(26)25-19(14)5-2-1-3-6-19)28-18(15)24-13-8-12(21-10-22-13)23-11-4-7-27-9-11/h8,10-11H,1-7,9H2,(H,25,26)(H2,21,22,23,24)/t11-/m0/s1. The van der Waals surface area contributed by atoms with Gasteiger partial charge in [0.1, 0.15) is 27.8 Å². The number of thiophene rings is 1. The molecule has 0 unspecified atom stereocenters. The van der Waals surface area contributed by atoms with Crippen LogP contribution in [0.4, 0.5) is 16.6 Å². The van der Waals surface area contributed by atoms with Crippen LogP contribution in [0.2, 0.25) is 5.02 Å². The average molecular weight is 420 g/mol. The summed E-state index contributed by atoms with van der Waals surface area (Å²) < 4.78 is 5.40. The zero-order valence-corrected chi connectivity index (χ0v) is 17.0. The summed E-state index contributed by atoms with van der Waals surface area (Å²) in [5.41, 5.74) is 0.681. The maximum absolute atomic E-state index is 12.6. The second-order valence-electron chi connectivity index (χ2n) is 7.66. The highest BCUT2D eigenvalue weighted by atomic mass is 35.5. The first-order valence-electron chi connectivity index (χ1n) is 9.73. The van der Waals surface area contributed by atoms with Gasteiger partial charge in [-0.3, -0.25) is 4.79 Å². The number of hydrogen-bond acceptors (Lipinski definition) is 7. The monoisotopic (exact) mass is 419 g/mol. The third-order valence-electron chi connectivity index (χ3n) is 5.79. The Balaban J connectivity index is 1.40. The molecular weight excluding hydrogens is 398 g/mol. The molecule has 148 valence electrons. The van der Waals surface area contributed by atoms with Crippen molar-refractivity contribution in [1.29, 1.82) is 0 Å². The van der Waals surface area contributed by atoms with Crippen LogP contribution < -0.4 is 16.0 Å². The lowest BCUT2D eigenvalue weighted by molar-refractivity contribution is 0.0912. The van der Waals surface area contributed by atoms with Crippen LogP contribution in [0.1, 0.15) is 53.8 Å². The fraction of sp³-hybridized carbons (Fsp3) is 0.526. The topological polar surface area (TPSA) is 88.2 Å². The number of nitrogens with one attached hydrogen (secondary N) is 3. The number of rotatable bonds is 4. The number of fused-ring (bicyclic) bond motifs is 2. The summed E-state index contributed by atoms with van der Waals surface area (Å²) >= 11 is 8.17. The molecule has 1 aliphatic carbocycles. The first-order valence-corrected chi connectivity index (χ1v) is 10.9. The van der Waals surface area contributed by atoms with Gasteiger partial charge in [-0.25, -0.2) is 9.97 Å². The first kappa shape index (κ1) is 18.1. The van der Waals surface area contributed by atoms with Crippen LogP contribution in [-0.4, -0.2) is 35.1 Å². The molecule has 0 radical (unpaired) electrons. The van der Waals surface area contributed by atoms with Crippen LogP contribution in [-0.2, 0) is 10.3 Å². The van der Waals surface area contributed by atoms with E-state index in [2.05, 4.69) is 25.9 Å². The Bertz CT molecular complexity index is 906. The van der Waals surface area contributed by atoms with Gasteiger partial charge in [0.25, 0.3) is 5.91 Å². The zero-order valence-electron chi connectivity index (χ0n) is 15.4. The van der Waals surface area contributed by atoms with Crippen molar-refractivity contribution in [2.45, 2.75) is 50.1 Å². The lowest BCUT2D eigenvalue weighted by Gasteiger charge is -2.34. The van der Waals surface area contributed by atoms with E-state index < -0.39 is 0 Å². The van der Waals surface area contributed by atoms with Gasteiger partial charge in [0.15, 0.2) is 0 Å². The molecule has 2 aliphatic heterocycles. The minimum Gasteiger partial charge on any atom is -0.379 e. The molecule has 1 saturated carbocycles. The molecule has 2 aromatic heterocycles. The van der Waals surface area contributed by atoms with Crippen molar-refractivity contribution in [2.24, 2.45) is 0 Å². The van der Waals surface area contributed by atoms with E-state index in [4.69, 9.17) is 16.3 Å². The number of hydrogen-bond donors (Lipinski definition) is 3. The third-order valence-corrected chi connectivity index (χ3v) is 7.38. The van der Waals surface area contributed by atoms with E-state index in [9.17, 15) is 4.79 Å². The molecule has 4 heterocycles. The molecule has 2 fully saturated rings. The largest absolute Gasteiger partial charge is 0.379 e. The number of carbonyl (C=O) groups is 1. The number of ether oxygens (including phenoxy) is 1. The van der Waals surface area contributed by atoms with Crippen LogP contribution in [0, 0.1) is 0 Å². The molecule has 0 aromatic carbocycles. The molecule has 28 heavy (non-hydrogen) atoms. The fourth-order valence-corrected chi connectivity index (χ4v) is 6.01. The van der Waals surface area contributed by atoms with Crippen LogP contribution in [0.15, 0.2) is 12.4 Å². The van der Waals surface area contributed by atoms with Crippen molar-refractivity contribution in [2.75, 3.05) is 23.8 Å². The number of carbonyl (C=O) groups excluding carboxylic acids is 1. The SMILES string of the molecule is O=C1NC2(CCCCC2)c2c1sc(Nc1cc(N[C@H]3CCOC3)ncn1)c2Cl. The summed E-state index contributed by atoms with van der Waals surface area (Å²) in [6.45, 7) is 1.46. The lowest BCUT2D eigenvalue weighted by Crippen LogP contribution is -2.41. The van der Waals surface area contributed by atoms with Gasteiger partial charge in [0.2, 0.25) is 0 Å². The average Bonchev–Trinajstić information content (AvgIpc) is 3.37. The Labute approximate surface area is 172 Å². The Morgan fingerprint density at radius 1 is 1.25 bits per heavy atom. The summed E-state index contributed by atoms with van der Waals surface area (Å²) in [6, 6.07) is 2.13. The highest BCUT2D eigenvalue weighted by Crippen LogP contribution is 2.52. The van der Waals surface area contributed by atoms with Gasteiger partial charge in [0, 0.05) is 18.2 Å². The molecule has 5 rings (SSSR count). The zero-order chi connectivity index (χ0) is 19.1. The number of halogens is 1.